The maximum atomic E-state index is 2.45. The highest BCUT2D eigenvalue weighted by Crippen LogP contribution is 2.24. The van der Waals surface area contributed by atoms with Gasteiger partial charge in [-0.15, -0.1) is 0 Å². The van der Waals surface area contributed by atoms with Gasteiger partial charge in [0.1, 0.15) is 0 Å². The highest BCUT2D eigenvalue weighted by molar-refractivity contribution is 4.63. The van der Waals surface area contributed by atoms with E-state index in [1.54, 1.807) is 0 Å². The summed E-state index contributed by atoms with van der Waals surface area (Å²) >= 11 is 0. The van der Waals surface area contributed by atoms with Crippen molar-refractivity contribution >= 4 is 0 Å². The van der Waals surface area contributed by atoms with E-state index in [4.69, 9.17) is 0 Å². The number of rotatable bonds is 11. The predicted molar refractivity (Wildman–Crippen MR) is 89.5 cm³/mol. The molecule has 0 saturated heterocycles. The van der Waals surface area contributed by atoms with Crippen LogP contribution in [0.4, 0.5) is 0 Å². The lowest BCUT2D eigenvalue weighted by Crippen LogP contribution is -2.06. The SMILES string of the molecule is CC(C)CC(C)CCCCC(C)CC(C)CC(C)C. The topological polar surface area (TPSA) is 0 Å². The number of hydrogen-bond acceptors (Lipinski definition) is 0. The van der Waals surface area contributed by atoms with Crippen LogP contribution in [-0.4, -0.2) is 0 Å². The molecule has 0 heteroatoms. The first-order valence-corrected chi connectivity index (χ1v) is 8.81. The third kappa shape index (κ3) is 12.8. The Bertz CT molecular complexity index is 192. The summed E-state index contributed by atoms with van der Waals surface area (Å²) < 4.78 is 0. The summed E-state index contributed by atoms with van der Waals surface area (Å²) in [6, 6.07) is 0. The third-order valence-electron chi connectivity index (χ3n) is 4.20. The van der Waals surface area contributed by atoms with Gasteiger partial charge < -0.3 is 0 Å². The van der Waals surface area contributed by atoms with E-state index in [0.717, 1.165) is 29.6 Å². The second kappa shape index (κ2) is 10.7. The first-order chi connectivity index (χ1) is 8.81. The molecule has 116 valence electrons. The summed E-state index contributed by atoms with van der Waals surface area (Å²) in [5.41, 5.74) is 0. The van der Waals surface area contributed by atoms with Gasteiger partial charge in [0.05, 0.1) is 0 Å². The van der Waals surface area contributed by atoms with Crippen molar-refractivity contribution in [1.29, 1.82) is 0 Å². The van der Waals surface area contributed by atoms with Crippen LogP contribution in [0.3, 0.4) is 0 Å². The molecule has 0 spiro atoms. The molecule has 0 nitrogen and oxygen atoms in total. The molecule has 19 heavy (non-hydrogen) atoms. The fraction of sp³-hybridized carbons (Fsp3) is 1.00. The smallest absolute Gasteiger partial charge is 0.0438 e. The second-order valence-corrected chi connectivity index (χ2v) is 8.09. The zero-order valence-electron chi connectivity index (χ0n) is 14.8. The van der Waals surface area contributed by atoms with Crippen LogP contribution in [0.1, 0.15) is 93.4 Å². The van der Waals surface area contributed by atoms with E-state index in [0.29, 0.717) is 0 Å². The van der Waals surface area contributed by atoms with E-state index in [1.165, 1.54) is 44.9 Å². The summed E-state index contributed by atoms with van der Waals surface area (Å²) in [6.07, 6.45) is 9.99. The minimum Gasteiger partial charge on any atom is -0.0628 e. The molecule has 0 saturated carbocycles. The van der Waals surface area contributed by atoms with Crippen molar-refractivity contribution < 1.29 is 0 Å². The van der Waals surface area contributed by atoms with Gasteiger partial charge in [-0.1, -0.05) is 74.1 Å². The Hall–Kier alpha value is 0. The van der Waals surface area contributed by atoms with Crippen LogP contribution in [0.15, 0.2) is 0 Å². The molecule has 0 aromatic rings. The largest absolute Gasteiger partial charge is 0.0628 e. The summed E-state index contributed by atoms with van der Waals surface area (Å²) in [6.45, 7) is 16.7. The van der Waals surface area contributed by atoms with Gasteiger partial charge in [-0.3, -0.25) is 0 Å². The van der Waals surface area contributed by atoms with Crippen molar-refractivity contribution in [2.75, 3.05) is 0 Å². The predicted octanol–water partition coefficient (Wildman–Crippen LogP) is 6.94. The van der Waals surface area contributed by atoms with Gasteiger partial charge in [0.15, 0.2) is 0 Å². The van der Waals surface area contributed by atoms with E-state index in [2.05, 4.69) is 48.5 Å². The molecule has 0 heterocycles. The first-order valence-electron chi connectivity index (χ1n) is 8.81. The fourth-order valence-corrected chi connectivity index (χ4v) is 3.61. The minimum atomic E-state index is 0.860. The van der Waals surface area contributed by atoms with Crippen LogP contribution in [-0.2, 0) is 0 Å². The van der Waals surface area contributed by atoms with Gasteiger partial charge in [0, 0.05) is 0 Å². The number of unbranched alkanes of at least 4 members (excludes halogenated alkanes) is 1. The Morgan fingerprint density at radius 2 is 0.842 bits per heavy atom. The van der Waals surface area contributed by atoms with Crippen LogP contribution in [0.25, 0.3) is 0 Å². The minimum absolute atomic E-state index is 0.860. The third-order valence-corrected chi connectivity index (χ3v) is 4.20. The molecule has 3 unspecified atom stereocenters. The Balaban J connectivity index is 3.55. The standard InChI is InChI=1S/C19H40/c1-15(2)12-17(5)10-8-9-11-18(6)14-19(7)13-16(3)4/h15-19H,8-14H2,1-7H3. The molecule has 0 bridgehead atoms. The Kier molecular flexibility index (Phi) is 10.7. The van der Waals surface area contributed by atoms with Crippen molar-refractivity contribution in [3.8, 4) is 0 Å². The lowest BCUT2D eigenvalue weighted by molar-refractivity contribution is 0.330. The number of hydrogen-bond donors (Lipinski definition) is 0. The van der Waals surface area contributed by atoms with Crippen LogP contribution >= 0.6 is 0 Å². The van der Waals surface area contributed by atoms with Crippen LogP contribution in [0.5, 0.6) is 0 Å². The summed E-state index contributed by atoms with van der Waals surface area (Å²) in [5.74, 6) is 4.49. The fourth-order valence-electron chi connectivity index (χ4n) is 3.61. The summed E-state index contributed by atoms with van der Waals surface area (Å²) in [4.78, 5) is 0. The maximum Gasteiger partial charge on any atom is -0.0438 e. The van der Waals surface area contributed by atoms with E-state index in [1.807, 2.05) is 0 Å². The van der Waals surface area contributed by atoms with Gasteiger partial charge in [-0.05, 0) is 48.9 Å². The monoisotopic (exact) mass is 268 g/mol. The highest BCUT2D eigenvalue weighted by Gasteiger charge is 2.11. The zero-order valence-corrected chi connectivity index (χ0v) is 14.8. The molecule has 0 rings (SSSR count). The van der Waals surface area contributed by atoms with Crippen molar-refractivity contribution in [2.24, 2.45) is 29.6 Å². The molecule has 0 aliphatic rings. The maximum absolute atomic E-state index is 2.45. The van der Waals surface area contributed by atoms with Crippen molar-refractivity contribution in [1.82, 2.24) is 0 Å². The Labute approximate surface area is 123 Å². The van der Waals surface area contributed by atoms with Gasteiger partial charge in [0.25, 0.3) is 0 Å². The van der Waals surface area contributed by atoms with Crippen molar-refractivity contribution in [3.63, 3.8) is 0 Å². The molecule has 0 radical (unpaired) electrons. The van der Waals surface area contributed by atoms with E-state index >= 15 is 0 Å². The lowest BCUT2D eigenvalue weighted by atomic mass is 9.87. The lowest BCUT2D eigenvalue weighted by Gasteiger charge is -2.19. The van der Waals surface area contributed by atoms with Gasteiger partial charge in [-0.2, -0.15) is 0 Å². The molecular weight excluding hydrogens is 228 g/mol. The highest BCUT2D eigenvalue weighted by atomic mass is 14.2. The van der Waals surface area contributed by atoms with Crippen LogP contribution in [0, 0.1) is 29.6 Å². The molecule has 0 aromatic heterocycles. The molecule has 0 aliphatic heterocycles. The average molecular weight is 269 g/mol. The molecule has 3 atom stereocenters. The average Bonchev–Trinajstić information content (AvgIpc) is 2.21. The molecular formula is C19H40. The zero-order chi connectivity index (χ0) is 14.8. The quantitative estimate of drug-likeness (QED) is 0.356. The van der Waals surface area contributed by atoms with Crippen LogP contribution in [0.2, 0.25) is 0 Å². The second-order valence-electron chi connectivity index (χ2n) is 8.09. The molecule has 0 fully saturated rings. The van der Waals surface area contributed by atoms with E-state index < -0.39 is 0 Å². The normalized spacial score (nSPS) is 16.9. The van der Waals surface area contributed by atoms with E-state index in [9.17, 15) is 0 Å². The molecule has 0 N–H and O–H groups in total. The molecule has 0 aromatic carbocycles. The van der Waals surface area contributed by atoms with Crippen molar-refractivity contribution in [3.05, 3.63) is 0 Å². The molecule has 0 amide bonds. The first kappa shape index (κ1) is 19.0. The molecule has 0 aliphatic carbocycles. The van der Waals surface area contributed by atoms with Gasteiger partial charge in [0.2, 0.25) is 0 Å². The summed E-state index contributed by atoms with van der Waals surface area (Å²) in [5, 5.41) is 0. The Morgan fingerprint density at radius 1 is 0.474 bits per heavy atom. The summed E-state index contributed by atoms with van der Waals surface area (Å²) in [7, 11) is 0. The van der Waals surface area contributed by atoms with Crippen LogP contribution < -0.4 is 0 Å². The van der Waals surface area contributed by atoms with E-state index in [-0.39, 0.29) is 0 Å². The van der Waals surface area contributed by atoms with Gasteiger partial charge >= 0.3 is 0 Å². The Morgan fingerprint density at radius 3 is 1.26 bits per heavy atom. The van der Waals surface area contributed by atoms with Gasteiger partial charge in [-0.25, -0.2) is 0 Å². The van der Waals surface area contributed by atoms with Crippen molar-refractivity contribution in [2.45, 2.75) is 93.4 Å².